The summed E-state index contributed by atoms with van der Waals surface area (Å²) in [6, 6.07) is 17.1. The van der Waals surface area contributed by atoms with Crippen LogP contribution in [0.3, 0.4) is 0 Å². The fourth-order valence-corrected chi connectivity index (χ4v) is 3.08. The molecule has 0 unspecified atom stereocenters. The van der Waals surface area contributed by atoms with Crippen molar-refractivity contribution < 1.29 is 19.2 Å². The summed E-state index contributed by atoms with van der Waals surface area (Å²) in [4.78, 5) is 23.2. The van der Waals surface area contributed by atoms with E-state index in [2.05, 4.69) is 5.32 Å². The second-order valence-electron chi connectivity index (χ2n) is 6.77. The number of ether oxygens (including phenoxy) is 2. The molecule has 0 spiro atoms. The Labute approximate surface area is 174 Å². The van der Waals surface area contributed by atoms with E-state index < -0.39 is 4.92 Å². The van der Waals surface area contributed by atoms with Gasteiger partial charge in [-0.3, -0.25) is 14.9 Å². The van der Waals surface area contributed by atoms with Crippen molar-refractivity contribution >= 4 is 17.3 Å². The lowest BCUT2D eigenvalue weighted by Crippen LogP contribution is -2.21. The molecule has 0 radical (unpaired) electrons. The predicted molar refractivity (Wildman–Crippen MR) is 115 cm³/mol. The molecule has 0 aliphatic rings. The van der Waals surface area contributed by atoms with Gasteiger partial charge in [-0.2, -0.15) is 0 Å². The van der Waals surface area contributed by atoms with E-state index in [1.807, 2.05) is 32.0 Å². The summed E-state index contributed by atoms with van der Waals surface area (Å²) in [6.45, 7) is 3.61. The van der Waals surface area contributed by atoms with Gasteiger partial charge < -0.3 is 14.8 Å². The van der Waals surface area contributed by atoms with Crippen LogP contribution in [0.5, 0.6) is 11.5 Å². The van der Waals surface area contributed by atoms with Gasteiger partial charge in [0.1, 0.15) is 11.5 Å². The molecule has 7 heteroatoms. The molecule has 7 nitrogen and oxygen atoms in total. The second kappa shape index (κ2) is 9.09. The molecule has 0 saturated heterocycles. The minimum absolute atomic E-state index is 0.0619. The molecule has 0 aliphatic heterocycles. The van der Waals surface area contributed by atoms with Crippen LogP contribution in [0.4, 0.5) is 11.4 Å². The van der Waals surface area contributed by atoms with Crippen LogP contribution in [0.1, 0.15) is 11.1 Å². The van der Waals surface area contributed by atoms with Crippen molar-refractivity contribution in [3.05, 3.63) is 81.9 Å². The van der Waals surface area contributed by atoms with E-state index in [4.69, 9.17) is 9.47 Å². The third-order valence-corrected chi connectivity index (χ3v) is 4.68. The SMILES string of the molecule is COc1ccc(-c2cc([N+](=O)[O-])ccc2OCC(=O)Nc2c(C)cccc2C)cc1. The summed E-state index contributed by atoms with van der Waals surface area (Å²) < 4.78 is 10.9. The number of nitro benzene ring substituents is 1. The minimum Gasteiger partial charge on any atom is -0.497 e. The Kier molecular flexibility index (Phi) is 6.32. The molecule has 0 fully saturated rings. The van der Waals surface area contributed by atoms with Gasteiger partial charge in [-0.1, -0.05) is 30.3 Å². The number of para-hydroxylation sites is 1. The number of nitro groups is 1. The van der Waals surface area contributed by atoms with Gasteiger partial charge in [0.15, 0.2) is 6.61 Å². The lowest BCUT2D eigenvalue weighted by molar-refractivity contribution is -0.384. The largest absolute Gasteiger partial charge is 0.497 e. The molecular weight excluding hydrogens is 384 g/mol. The van der Waals surface area contributed by atoms with E-state index in [1.54, 1.807) is 31.4 Å². The van der Waals surface area contributed by atoms with Gasteiger partial charge >= 0.3 is 0 Å². The number of nitrogens with zero attached hydrogens (tertiary/aromatic N) is 1. The highest BCUT2D eigenvalue weighted by Crippen LogP contribution is 2.34. The maximum atomic E-state index is 12.4. The van der Waals surface area contributed by atoms with Crippen LogP contribution < -0.4 is 14.8 Å². The molecule has 1 amide bonds. The molecule has 0 aliphatic carbocycles. The number of benzene rings is 3. The average Bonchev–Trinajstić information content (AvgIpc) is 2.75. The highest BCUT2D eigenvalue weighted by atomic mass is 16.6. The maximum absolute atomic E-state index is 12.4. The number of carbonyl (C=O) groups excluding carboxylic acids is 1. The zero-order valence-electron chi connectivity index (χ0n) is 17.0. The smallest absolute Gasteiger partial charge is 0.270 e. The molecule has 154 valence electrons. The maximum Gasteiger partial charge on any atom is 0.270 e. The first-order chi connectivity index (χ1) is 14.4. The molecule has 0 bridgehead atoms. The molecule has 0 aromatic heterocycles. The number of aryl methyl sites for hydroxylation is 2. The number of nitrogens with one attached hydrogen (secondary N) is 1. The number of hydrogen-bond acceptors (Lipinski definition) is 5. The van der Waals surface area contributed by atoms with Gasteiger partial charge in [-0.05, 0) is 48.7 Å². The first-order valence-electron chi connectivity index (χ1n) is 9.31. The third-order valence-electron chi connectivity index (χ3n) is 4.68. The summed E-state index contributed by atoms with van der Waals surface area (Å²) in [5.41, 5.74) is 3.84. The molecule has 0 saturated carbocycles. The number of carbonyl (C=O) groups is 1. The average molecular weight is 406 g/mol. The first kappa shape index (κ1) is 20.9. The van der Waals surface area contributed by atoms with E-state index in [-0.39, 0.29) is 18.2 Å². The standard InChI is InChI=1S/C23H22N2O5/c1-15-5-4-6-16(2)23(15)24-22(26)14-30-21-12-9-18(25(27)28)13-20(21)17-7-10-19(29-3)11-8-17/h4-13H,14H2,1-3H3,(H,24,26). The summed E-state index contributed by atoms with van der Waals surface area (Å²) in [5, 5.41) is 14.1. The molecule has 3 aromatic rings. The van der Waals surface area contributed by atoms with E-state index in [1.165, 1.54) is 18.2 Å². The summed E-state index contributed by atoms with van der Waals surface area (Å²) in [5.74, 6) is 0.730. The highest BCUT2D eigenvalue weighted by molar-refractivity contribution is 5.93. The number of methoxy groups -OCH3 is 1. The van der Waals surface area contributed by atoms with Crippen LogP contribution >= 0.6 is 0 Å². The van der Waals surface area contributed by atoms with Crippen molar-refractivity contribution in [3.8, 4) is 22.6 Å². The Morgan fingerprint density at radius 1 is 1.03 bits per heavy atom. The van der Waals surface area contributed by atoms with Crippen LogP contribution in [-0.2, 0) is 4.79 Å². The monoisotopic (exact) mass is 406 g/mol. The van der Waals surface area contributed by atoms with E-state index in [9.17, 15) is 14.9 Å². The molecule has 3 aromatic carbocycles. The quantitative estimate of drug-likeness (QED) is 0.445. The number of rotatable bonds is 7. The van der Waals surface area contributed by atoms with E-state index in [0.717, 1.165) is 16.8 Å². The van der Waals surface area contributed by atoms with Gasteiger partial charge in [0.2, 0.25) is 0 Å². The Morgan fingerprint density at radius 3 is 2.30 bits per heavy atom. The van der Waals surface area contributed by atoms with Crippen molar-refractivity contribution in [2.24, 2.45) is 0 Å². The first-order valence-corrected chi connectivity index (χ1v) is 9.31. The van der Waals surface area contributed by atoms with Gasteiger partial charge in [0.25, 0.3) is 11.6 Å². The number of amides is 1. The lowest BCUT2D eigenvalue weighted by Gasteiger charge is -2.14. The van der Waals surface area contributed by atoms with Gasteiger partial charge in [-0.25, -0.2) is 0 Å². The summed E-state index contributed by atoms with van der Waals surface area (Å²) in [7, 11) is 1.56. The molecule has 30 heavy (non-hydrogen) atoms. The fraction of sp³-hybridized carbons (Fsp3) is 0.174. The van der Waals surface area contributed by atoms with Crippen LogP contribution in [0.25, 0.3) is 11.1 Å². The third kappa shape index (κ3) is 4.75. The topological polar surface area (TPSA) is 90.7 Å². The summed E-state index contributed by atoms with van der Waals surface area (Å²) in [6.07, 6.45) is 0. The van der Waals surface area contributed by atoms with Crippen molar-refractivity contribution in [3.63, 3.8) is 0 Å². The minimum atomic E-state index is -0.468. The zero-order valence-corrected chi connectivity index (χ0v) is 17.0. The number of hydrogen-bond donors (Lipinski definition) is 1. The molecule has 1 N–H and O–H groups in total. The normalized spacial score (nSPS) is 10.4. The van der Waals surface area contributed by atoms with Gasteiger partial charge in [0.05, 0.1) is 12.0 Å². The van der Waals surface area contributed by atoms with E-state index >= 15 is 0 Å². The van der Waals surface area contributed by atoms with Crippen LogP contribution in [0, 0.1) is 24.0 Å². The van der Waals surface area contributed by atoms with Gasteiger partial charge in [-0.15, -0.1) is 0 Å². The number of anilines is 1. The van der Waals surface area contributed by atoms with Crippen molar-refractivity contribution in [1.82, 2.24) is 0 Å². The van der Waals surface area contributed by atoms with Gasteiger partial charge in [0, 0.05) is 23.4 Å². The Bertz CT molecular complexity index is 1060. The van der Waals surface area contributed by atoms with Crippen molar-refractivity contribution in [2.75, 3.05) is 19.0 Å². The van der Waals surface area contributed by atoms with E-state index in [0.29, 0.717) is 22.6 Å². The van der Waals surface area contributed by atoms with Crippen LogP contribution in [0.2, 0.25) is 0 Å². The second-order valence-corrected chi connectivity index (χ2v) is 6.77. The van der Waals surface area contributed by atoms with Crippen molar-refractivity contribution in [2.45, 2.75) is 13.8 Å². The Hall–Kier alpha value is -3.87. The Balaban J connectivity index is 1.82. The molecular formula is C23H22N2O5. The number of non-ortho nitro benzene ring substituents is 1. The predicted octanol–water partition coefficient (Wildman–Crippen LogP) is 4.90. The molecule has 0 atom stereocenters. The zero-order chi connectivity index (χ0) is 21.7. The molecule has 3 rings (SSSR count). The fourth-order valence-electron chi connectivity index (χ4n) is 3.08. The highest BCUT2D eigenvalue weighted by Gasteiger charge is 2.15. The van der Waals surface area contributed by atoms with Crippen LogP contribution in [0.15, 0.2) is 60.7 Å². The van der Waals surface area contributed by atoms with Crippen molar-refractivity contribution in [1.29, 1.82) is 0 Å². The lowest BCUT2D eigenvalue weighted by atomic mass is 10.0. The summed E-state index contributed by atoms with van der Waals surface area (Å²) >= 11 is 0. The Morgan fingerprint density at radius 2 is 1.70 bits per heavy atom. The molecule has 0 heterocycles. The van der Waals surface area contributed by atoms with Crippen LogP contribution in [-0.4, -0.2) is 24.5 Å².